The van der Waals surface area contributed by atoms with Crippen LogP contribution < -0.4 is 0 Å². The molecular weight excluding hydrogens is 482 g/mol. The van der Waals surface area contributed by atoms with Crippen molar-refractivity contribution < 1.29 is 4.79 Å². The van der Waals surface area contributed by atoms with Crippen LogP contribution in [0.1, 0.15) is 47.2 Å². The van der Waals surface area contributed by atoms with E-state index < -0.39 is 0 Å². The van der Waals surface area contributed by atoms with Crippen molar-refractivity contribution in [1.82, 2.24) is 19.4 Å². The third kappa shape index (κ3) is 7.01. The molecule has 1 fully saturated rings. The van der Waals surface area contributed by atoms with E-state index in [0.717, 1.165) is 50.0 Å². The van der Waals surface area contributed by atoms with Crippen LogP contribution >= 0.6 is 0 Å². The highest BCUT2D eigenvalue weighted by Crippen LogP contribution is 2.23. The Balaban J connectivity index is 1.27. The molecule has 6 nitrogen and oxygen atoms in total. The molecule has 6 heteroatoms. The number of rotatable bonds is 12. The Hall–Kier alpha value is -4.21. The van der Waals surface area contributed by atoms with Gasteiger partial charge in [0.15, 0.2) is 0 Å². The summed E-state index contributed by atoms with van der Waals surface area (Å²) in [6.07, 6.45) is 7.78. The number of hydrogen-bond acceptors (Lipinski definition) is 4. The number of unbranched alkanes of at least 4 members (excludes halogenated alkanes) is 1. The summed E-state index contributed by atoms with van der Waals surface area (Å²) in [5.74, 6) is 0.222. The van der Waals surface area contributed by atoms with Crippen LogP contribution in [0.3, 0.4) is 0 Å². The molecule has 0 radical (unpaired) electrons. The Morgan fingerprint density at radius 3 is 2.28 bits per heavy atom. The minimum absolute atomic E-state index is 0.122. The van der Waals surface area contributed by atoms with Gasteiger partial charge in [-0.1, -0.05) is 72.8 Å². The molecule has 39 heavy (non-hydrogen) atoms. The molecule has 1 saturated heterocycles. The minimum atomic E-state index is -0.122. The molecule has 0 saturated carbocycles. The molecule has 3 aromatic carbocycles. The van der Waals surface area contributed by atoms with Crippen LogP contribution in [0, 0.1) is 11.3 Å². The van der Waals surface area contributed by atoms with Crippen LogP contribution in [0.15, 0.2) is 97.5 Å². The first-order valence-electron chi connectivity index (χ1n) is 13.8. The van der Waals surface area contributed by atoms with Gasteiger partial charge >= 0.3 is 0 Å². The zero-order valence-corrected chi connectivity index (χ0v) is 22.3. The van der Waals surface area contributed by atoms with E-state index in [9.17, 15) is 4.79 Å². The molecule has 0 N–H and O–H groups in total. The van der Waals surface area contributed by atoms with Gasteiger partial charge in [-0.3, -0.25) is 9.69 Å². The van der Waals surface area contributed by atoms with Crippen molar-refractivity contribution in [3.05, 3.63) is 125 Å². The SMILES string of the molecule is N#Cc1ccc(Cn2cncc2CN(CCCCc2ccccc2)C2CCN(Cc3ccccc3)C2=O)cc1. The lowest BCUT2D eigenvalue weighted by Gasteiger charge is -2.28. The van der Waals surface area contributed by atoms with Gasteiger partial charge in [-0.2, -0.15) is 5.26 Å². The molecule has 1 aromatic heterocycles. The standard InChI is InChI=1S/C33H35N5O/c34-21-28-14-16-30(17-15-28)24-38-26-35-22-31(38)25-36(19-8-7-11-27-9-3-1-4-10-27)32-18-20-37(33(32)39)23-29-12-5-2-6-13-29/h1-6,9-10,12-17,22,26,32H,7-8,11,18-20,23-25H2. The summed E-state index contributed by atoms with van der Waals surface area (Å²) >= 11 is 0. The second-order valence-corrected chi connectivity index (χ2v) is 10.3. The summed E-state index contributed by atoms with van der Waals surface area (Å²) in [6, 6.07) is 30.6. The maximum Gasteiger partial charge on any atom is 0.240 e. The van der Waals surface area contributed by atoms with E-state index in [0.29, 0.717) is 25.2 Å². The Morgan fingerprint density at radius 2 is 1.56 bits per heavy atom. The van der Waals surface area contributed by atoms with Crippen LogP contribution in [-0.4, -0.2) is 44.4 Å². The molecule has 1 unspecified atom stereocenters. The molecule has 1 amide bonds. The number of hydrogen-bond donors (Lipinski definition) is 0. The van der Waals surface area contributed by atoms with E-state index in [1.54, 1.807) is 0 Å². The number of nitrogens with zero attached hydrogens (tertiary/aromatic N) is 5. The zero-order chi connectivity index (χ0) is 26.9. The van der Waals surface area contributed by atoms with E-state index in [2.05, 4.69) is 63.0 Å². The fourth-order valence-corrected chi connectivity index (χ4v) is 5.37. The molecule has 1 aliphatic rings. The lowest BCUT2D eigenvalue weighted by molar-refractivity contribution is -0.132. The second kappa shape index (κ2) is 13.0. The Labute approximate surface area is 231 Å². The molecule has 4 aromatic rings. The fourth-order valence-electron chi connectivity index (χ4n) is 5.37. The molecule has 0 aliphatic carbocycles. The Morgan fingerprint density at radius 1 is 0.872 bits per heavy atom. The summed E-state index contributed by atoms with van der Waals surface area (Å²) in [5.41, 5.74) is 5.40. The van der Waals surface area contributed by atoms with Crippen LogP contribution in [-0.2, 0) is 30.8 Å². The normalized spacial score (nSPS) is 15.1. The molecule has 1 aliphatic heterocycles. The first kappa shape index (κ1) is 26.4. The van der Waals surface area contributed by atoms with Gasteiger partial charge < -0.3 is 9.47 Å². The highest BCUT2D eigenvalue weighted by molar-refractivity contribution is 5.84. The topological polar surface area (TPSA) is 65.2 Å². The van der Waals surface area contributed by atoms with Crippen molar-refractivity contribution in [1.29, 1.82) is 5.26 Å². The summed E-state index contributed by atoms with van der Waals surface area (Å²) in [6.45, 7) is 3.67. The highest BCUT2D eigenvalue weighted by Gasteiger charge is 2.36. The third-order valence-corrected chi connectivity index (χ3v) is 7.53. The number of likely N-dealkylation sites (tertiary alicyclic amines) is 1. The van der Waals surface area contributed by atoms with Crippen molar-refractivity contribution in [3.63, 3.8) is 0 Å². The van der Waals surface area contributed by atoms with Gasteiger partial charge in [0, 0.05) is 32.4 Å². The predicted molar refractivity (Wildman–Crippen MR) is 153 cm³/mol. The van der Waals surface area contributed by atoms with Crippen LogP contribution in [0.25, 0.3) is 0 Å². The van der Waals surface area contributed by atoms with Crippen LogP contribution in [0.5, 0.6) is 0 Å². The van der Waals surface area contributed by atoms with Crippen molar-refractivity contribution in [3.8, 4) is 6.07 Å². The van der Waals surface area contributed by atoms with Gasteiger partial charge in [0.2, 0.25) is 5.91 Å². The predicted octanol–water partition coefficient (Wildman–Crippen LogP) is 5.43. The van der Waals surface area contributed by atoms with Gasteiger partial charge in [0.25, 0.3) is 0 Å². The fraction of sp³-hybridized carbons (Fsp3) is 0.303. The lowest BCUT2D eigenvalue weighted by atomic mass is 10.1. The number of amides is 1. The van der Waals surface area contributed by atoms with Gasteiger partial charge in [-0.25, -0.2) is 4.98 Å². The average Bonchev–Trinajstić information content (AvgIpc) is 3.57. The largest absolute Gasteiger partial charge is 0.337 e. The van der Waals surface area contributed by atoms with E-state index in [1.807, 2.05) is 59.9 Å². The lowest BCUT2D eigenvalue weighted by Crippen LogP contribution is -2.42. The number of imidazole rings is 1. The molecule has 198 valence electrons. The number of benzene rings is 3. The Bertz CT molecular complexity index is 1380. The summed E-state index contributed by atoms with van der Waals surface area (Å²) in [5, 5.41) is 9.11. The molecule has 0 bridgehead atoms. The van der Waals surface area contributed by atoms with E-state index in [1.165, 1.54) is 11.1 Å². The summed E-state index contributed by atoms with van der Waals surface area (Å²) < 4.78 is 2.15. The number of nitriles is 1. The Kier molecular flexibility index (Phi) is 8.82. The van der Waals surface area contributed by atoms with E-state index in [4.69, 9.17) is 5.26 Å². The van der Waals surface area contributed by atoms with Gasteiger partial charge in [0.05, 0.1) is 29.7 Å². The maximum absolute atomic E-state index is 13.6. The number of carbonyl (C=O) groups excluding carboxylic acids is 1. The minimum Gasteiger partial charge on any atom is -0.337 e. The van der Waals surface area contributed by atoms with Crippen molar-refractivity contribution in [2.45, 2.75) is 51.4 Å². The molecule has 5 rings (SSSR count). The molecule has 1 atom stereocenters. The zero-order valence-electron chi connectivity index (χ0n) is 22.3. The molecule has 0 spiro atoms. The monoisotopic (exact) mass is 517 g/mol. The maximum atomic E-state index is 13.6. The van der Waals surface area contributed by atoms with Crippen LogP contribution in [0.2, 0.25) is 0 Å². The first-order chi connectivity index (χ1) is 19.2. The summed E-state index contributed by atoms with van der Waals surface area (Å²) in [4.78, 5) is 22.4. The third-order valence-electron chi connectivity index (χ3n) is 7.53. The number of aryl methyl sites for hydroxylation is 1. The molecular formula is C33H35N5O. The molecule has 2 heterocycles. The van der Waals surface area contributed by atoms with Crippen molar-refractivity contribution >= 4 is 5.91 Å². The first-order valence-corrected chi connectivity index (χ1v) is 13.8. The van der Waals surface area contributed by atoms with Crippen molar-refractivity contribution in [2.75, 3.05) is 13.1 Å². The smallest absolute Gasteiger partial charge is 0.240 e. The van der Waals surface area contributed by atoms with Gasteiger partial charge in [-0.05, 0) is 61.1 Å². The number of aromatic nitrogens is 2. The van der Waals surface area contributed by atoms with E-state index in [-0.39, 0.29) is 11.9 Å². The van der Waals surface area contributed by atoms with E-state index >= 15 is 0 Å². The summed E-state index contributed by atoms with van der Waals surface area (Å²) in [7, 11) is 0. The second-order valence-electron chi connectivity index (χ2n) is 10.3. The van der Waals surface area contributed by atoms with Crippen molar-refractivity contribution in [2.24, 2.45) is 0 Å². The highest BCUT2D eigenvalue weighted by atomic mass is 16.2. The van der Waals surface area contributed by atoms with Crippen LogP contribution in [0.4, 0.5) is 0 Å². The van der Waals surface area contributed by atoms with Gasteiger partial charge in [0.1, 0.15) is 0 Å². The number of carbonyl (C=O) groups is 1. The average molecular weight is 518 g/mol. The quantitative estimate of drug-likeness (QED) is 0.235. The van der Waals surface area contributed by atoms with Gasteiger partial charge in [-0.15, -0.1) is 0 Å².